The smallest absolute Gasteiger partial charge is 0.489 e. The average Bonchev–Trinajstić information content (AvgIpc) is 3.81. The van der Waals surface area contributed by atoms with E-state index < -0.39 is 53.1 Å². The molecule has 3 heterocycles. The first-order valence-corrected chi connectivity index (χ1v) is 17.7. The monoisotopic (exact) mass is 741 g/mol. The number of nitriles is 1. The summed E-state index contributed by atoms with van der Waals surface area (Å²) in [5.41, 5.74) is 2.15. The average molecular weight is 742 g/mol. The first-order chi connectivity index (χ1) is 24.9. The third-order valence-electron chi connectivity index (χ3n) is 8.85. The second kappa shape index (κ2) is 15.7. The van der Waals surface area contributed by atoms with Gasteiger partial charge in [-0.05, 0) is 60.4 Å². The summed E-state index contributed by atoms with van der Waals surface area (Å²) in [6.07, 6.45) is -6.43. The summed E-state index contributed by atoms with van der Waals surface area (Å²) in [6.45, 7) is 3.74. The molecule has 6 rings (SSSR count). The standard InChI is InChI=1S/C36H37F2N3O10S/c1-21(2)33(52(44)45)41(25-8-11-30-31(16-25)51-36(37,38)50-30)18-29(42)28(40-35(43)49-32-20-48-34-27(32)12-13-46-34)15-22-6-9-26(10-7-22)47-19-24-5-3-4-23(14-24)17-39/h3-11,14,16,21,27-29,32,34,42H,12-13,15,18-20H2,1-2H3,(H,40,43)/t27-,28-,29+,32-,34+/m0/s1. The van der Waals surface area contributed by atoms with Crippen LogP contribution in [-0.4, -0.2) is 75.2 Å². The Morgan fingerprint density at radius 2 is 1.85 bits per heavy atom. The number of hydrogen-bond donors (Lipinski definition) is 2. The zero-order valence-corrected chi connectivity index (χ0v) is 29.1. The molecule has 3 aliphatic heterocycles. The number of alkyl halides is 2. The van der Waals surface area contributed by atoms with Crippen LogP contribution >= 0.6 is 0 Å². The fourth-order valence-electron chi connectivity index (χ4n) is 6.36. The SMILES string of the molecule is CC(C)C(N(C[C@@H](O)[C@H](Cc1ccc(OCc2cccc(C#N)c2)cc1)NC(=O)O[C@H]1CO[C@H]2OCC[C@H]21)c1ccc2c(c1)OC(F)(F)O2)=S(=O)=O. The Morgan fingerprint density at radius 3 is 2.58 bits per heavy atom. The lowest BCUT2D eigenvalue weighted by Crippen LogP contribution is -2.52. The molecule has 3 aromatic rings. The zero-order chi connectivity index (χ0) is 37.0. The van der Waals surface area contributed by atoms with E-state index in [4.69, 9.17) is 24.2 Å². The topological polar surface area (TPSA) is 166 Å². The number of alkyl carbamates (subject to hydrolysis) is 1. The summed E-state index contributed by atoms with van der Waals surface area (Å²) < 4.78 is 84.5. The van der Waals surface area contributed by atoms with Crippen LogP contribution < -0.4 is 24.4 Å². The van der Waals surface area contributed by atoms with E-state index >= 15 is 0 Å². The lowest BCUT2D eigenvalue weighted by Gasteiger charge is -2.32. The number of nitrogens with one attached hydrogen (secondary N) is 1. The van der Waals surface area contributed by atoms with Gasteiger partial charge in [0.1, 0.15) is 23.4 Å². The molecule has 0 bridgehead atoms. The van der Waals surface area contributed by atoms with Crippen LogP contribution in [0.25, 0.3) is 0 Å². The van der Waals surface area contributed by atoms with Gasteiger partial charge in [-0.3, -0.25) is 0 Å². The highest BCUT2D eigenvalue weighted by atomic mass is 32.2. The van der Waals surface area contributed by atoms with E-state index in [0.717, 1.165) is 5.56 Å². The molecule has 0 spiro atoms. The van der Waals surface area contributed by atoms with Crippen LogP contribution in [-0.2, 0) is 37.5 Å². The molecule has 2 fully saturated rings. The summed E-state index contributed by atoms with van der Waals surface area (Å²) in [6, 6.07) is 18.9. The van der Waals surface area contributed by atoms with Crippen molar-refractivity contribution in [2.45, 2.75) is 64.1 Å². The van der Waals surface area contributed by atoms with Crippen LogP contribution in [0, 0.1) is 23.2 Å². The van der Waals surface area contributed by atoms with Crippen molar-refractivity contribution in [1.29, 1.82) is 5.26 Å². The van der Waals surface area contributed by atoms with E-state index in [1.165, 1.54) is 23.1 Å². The minimum absolute atomic E-state index is 0.0791. The van der Waals surface area contributed by atoms with Crippen LogP contribution in [0.2, 0.25) is 0 Å². The van der Waals surface area contributed by atoms with Crippen molar-refractivity contribution in [2.75, 3.05) is 24.7 Å². The van der Waals surface area contributed by atoms with Gasteiger partial charge in [-0.15, -0.1) is 8.78 Å². The predicted molar refractivity (Wildman–Crippen MR) is 181 cm³/mol. The second-order valence-corrected chi connectivity index (χ2v) is 13.8. The quantitative estimate of drug-likeness (QED) is 0.252. The number of hydrogen-bond acceptors (Lipinski definition) is 11. The number of aliphatic hydroxyl groups is 1. The Labute approximate surface area is 300 Å². The van der Waals surface area contributed by atoms with Gasteiger partial charge < -0.3 is 43.7 Å². The fraction of sp³-hybridized carbons (Fsp3) is 0.417. The Bertz CT molecular complexity index is 1950. The van der Waals surface area contributed by atoms with E-state index in [1.54, 1.807) is 56.3 Å². The third kappa shape index (κ3) is 8.73. The van der Waals surface area contributed by atoms with Crippen molar-refractivity contribution in [3.05, 3.63) is 83.4 Å². The fourth-order valence-corrected chi connectivity index (χ4v) is 7.11. The molecule has 2 N–H and O–H groups in total. The Hall–Kier alpha value is -4.95. The van der Waals surface area contributed by atoms with Crippen LogP contribution in [0.15, 0.2) is 66.7 Å². The highest BCUT2D eigenvalue weighted by molar-refractivity contribution is 7.73. The largest absolute Gasteiger partial charge is 0.586 e. The molecular weight excluding hydrogens is 704 g/mol. The van der Waals surface area contributed by atoms with Gasteiger partial charge in [-0.1, -0.05) is 38.1 Å². The van der Waals surface area contributed by atoms with Gasteiger partial charge >= 0.3 is 12.4 Å². The lowest BCUT2D eigenvalue weighted by molar-refractivity contribution is -0.286. The first-order valence-electron chi connectivity index (χ1n) is 16.6. The van der Waals surface area contributed by atoms with Crippen molar-refractivity contribution in [2.24, 2.45) is 11.8 Å². The number of carbonyl (C=O) groups is 1. The van der Waals surface area contributed by atoms with Gasteiger partial charge in [0.05, 0.1) is 49.5 Å². The minimum Gasteiger partial charge on any atom is -0.489 e. The van der Waals surface area contributed by atoms with Crippen LogP contribution in [0.5, 0.6) is 17.2 Å². The molecule has 2 saturated heterocycles. The van der Waals surface area contributed by atoms with Gasteiger partial charge in [-0.2, -0.15) is 13.7 Å². The number of ether oxygens (including phenoxy) is 6. The van der Waals surface area contributed by atoms with Gasteiger partial charge in [0.2, 0.25) is 10.3 Å². The first kappa shape index (κ1) is 36.8. The molecule has 13 nitrogen and oxygen atoms in total. The molecule has 16 heteroatoms. The van der Waals surface area contributed by atoms with E-state index in [-0.39, 0.29) is 54.3 Å². The van der Waals surface area contributed by atoms with E-state index in [0.29, 0.717) is 29.9 Å². The van der Waals surface area contributed by atoms with Gasteiger partial charge in [-0.25, -0.2) is 4.79 Å². The number of nitrogens with zero attached hydrogens (tertiary/aromatic N) is 2. The molecule has 0 saturated carbocycles. The number of rotatable bonds is 12. The number of benzene rings is 3. The van der Waals surface area contributed by atoms with Crippen molar-refractivity contribution in [3.63, 3.8) is 0 Å². The number of fused-ring (bicyclic) bond motifs is 2. The Balaban J connectivity index is 1.23. The molecule has 5 atom stereocenters. The molecule has 3 aromatic carbocycles. The molecule has 3 aliphatic rings. The Morgan fingerprint density at radius 1 is 1.08 bits per heavy atom. The molecule has 0 aliphatic carbocycles. The van der Waals surface area contributed by atoms with Gasteiger partial charge in [0.15, 0.2) is 17.8 Å². The van der Waals surface area contributed by atoms with Crippen LogP contribution in [0.4, 0.5) is 19.3 Å². The molecule has 0 unspecified atom stereocenters. The summed E-state index contributed by atoms with van der Waals surface area (Å²) in [4.78, 5) is 14.5. The third-order valence-corrected chi connectivity index (χ3v) is 9.88. The number of anilines is 1. The maximum atomic E-state index is 13.8. The molecular formula is C36H37F2N3O10S. The molecule has 0 radical (unpaired) electrons. The molecule has 1 amide bonds. The van der Waals surface area contributed by atoms with Crippen LogP contribution in [0.1, 0.15) is 37.0 Å². The number of carbonyl (C=O) groups excluding carboxylic acids is 1. The molecule has 52 heavy (non-hydrogen) atoms. The normalized spacial score (nSPS) is 20.8. The minimum atomic E-state index is -3.90. The maximum absolute atomic E-state index is 13.8. The van der Waals surface area contributed by atoms with Crippen molar-refractivity contribution >= 4 is 27.1 Å². The van der Waals surface area contributed by atoms with E-state index in [1.807, 2.05) is 6.07 Å². The van der Waals surface area contributed by atoms with Gasteiger partial charge in [0, 0.05) is 17.7 Å². The van der Waals surface area contributed by atoms with Gasteiger partial charge in [0.25, 0.3) is 0 Å². The van der Waals surface area contributed by atoms with Crippen molar-refractivity contribution in [3.8, 4) is 23.3 Å². The highest BCUT2D eigenvalue weighted by Crippen LogP contribution is 2.43. The number of aliphatic hydroxyl groups excluding tert-OH is 1. The summed E-state index contributed by atoms with van der Waals surface area (Å²) >= 11 is 0. The van der Waals surface area contributed by atoms with E-state index in [2.05, 4.69) is 20.9 Å². The van der Waals surface area contributed by atoms with Crippen molar-refractivity contribution < 1.29 is 55.5 Å². The molecule has 276 valence electrons. The Kier molecular flexibility index (Phi) is 11.1. The number of amides is 1. The second-order valence-electron chi connectivity index (χ2n) is 12.9. The van der Waals surface area contributed by atoms with E-state index in [9.17, 15) is 27.1 Å². The summed E-state index contributed by atoms with van der Waals surface area (Å²) in [5, 5.41) is 23.7. The summed E-state index contributed by atoms with van der Waals surface area (Å²) in [5.74, 6) is -0.729. The lowest BCUT2D eigenvalue weighted by atomic mass is 10.00. The predicted octanol–water partition coefficient (Wildman–Crippen LogP) is 4.39. The number of halogens is 2. The summed E-state index contributed by atoms with van der Waals surface area (Å²) in [7, 11) is -2.79. The van der Waals surface area contributed by atoms with Crippen molar-refractivity contribution in [1.82, 2.24) is 5.32 Å². The highest BCUT2D eigenvalue weighted by Gasteiger charge is 2.45. The van der Waals surface area contributed by atoms with Crippen LogP contribution in [0.3, 0.4) is 0 Å². The molecule has 0 aromatic heterocycles. The maximum Gasteiger partial charge on any atom is 0.586 e. The zero-order valence-electron chi connectivity index (χ0n) is 28.2.